The number of aliphatic hydroxyl groups excluding tert-OH is 1. The molecule has 0 aliphatic rings. The third-order valence-electron chi connectivity index (χ3n) is 2.91. The van der Waals surface area contributed by atoms with Crippen LogP contribution in [-0.2, 0) is 10.0 Å². The molecule has 5 nitrogen and oxygen atoms in total. The number of aliphatic hydroxyl groups is 1. The van der Waals surface area contributed by atoms with E-state index in [0.717, 1.165) is 4.90 Å². The van der Waals surface area contributed by atoms with Crippen LogP contribution in [0.3, 0.4) is 0 Å². The third-order valence-corrected chi connectivity index (χ3v) is 5.06. The molecule has 7 heteroatoms. The lowest BCUT2D eigenvalue weighted by atomic mass is 10.1. The van der Waals surface area contributed by atoms with Gasteiger partial charge in [0.05, 0.1) is 6.10 Å². The molecule has 0 fully saturated rings. The third kappa shape index (κ3) is 4.28. The normalized spacial score (nSPS) is 13.0. The number of sulfonamides is 1. The van der Waals surface area contributed by atoms with Gasteiger partial charge in [-0.3, -0.25) is 4.98 Å². The minimum absolute atomic E-state index is 0.0786. The van der Waals surface area contributed by atoms with Crippen molar-refractivity contribution in [3.05, 3.63) is 54.4 Å². The van der Waals surface area contributed by atoms with E-state index in [1.54, 1.807) is 30.0 Å². The van der Waals surface area contributed by atoms with E-state index in [1.807, 2.05) is 18.4 Å². The molecule has 2 aromatic rings. The fraction of sp³-hybridized carbons (Fsp3) is 0.214. The Kier molecular flexibility index (Phi) is 5.35. The number of nitrogens with one attached hydrogen (secondary N) is 1. The standard InChI is InChI=1S/C14H16N2O3S2/c1-20-12-6-4-11(5-7-12)14(17)10-16-21(18,19)13-3-2-8-15-9-13/h2-9,14,16-17H,10H2,1H3. The van der Waals surface area contributed by atoms with Crippen LogP contribution in [0.5, 0.6) is 0 Å². The molecule has 2 rings (SSSR count). The molecule has 1 aromatic carbocycles. The zero-order chi connectivity index (χ0) is 15.3. The second-order valence-electron chi connectivity index (χ2n) is 4.33. The number of thioether (sulfide) groups is 1. The highest BCUT2D eigenvalue weighted by Gasteiger charge is 2.16. The molecule has 0 radical (unpaired) electrons. The molecule has 0 spiro atoms. The highest BCUT2D eigenvalue weighted by atomic mass is 32.2. The second kappa shape index (κ2) is 7.04. The number of nitrogens with zero attached hydrogens (tertiary/aromatic N) is 1. The first-order valence-electron chi connectivity index (χ1n) is 6.24. The van der Waals surface area contributed by atoms with Gasteiger partial charge in [-0.15, -0.1) is 11.8 Å². The molecule has 2 N–H and O–H groups in total. The SMILES string of the molecule is CSc1ccc(C(O)CNS(=O)(=O)c2cccnc2)cc1. The second-order valence-corrected chi connectivity index (χ2v) is 6.98. The molecule has 112 valence electrons. The molecule has 0 amide bonds. The van der Waals surface area contributed by atoms with E-state index in [4.69, 9.17) is 0 Å². The molecule has 0 aliphatic carbocycles. The Morgan fingerprint density at radius 2 is 2.00 bits per heavy atom. The van der Waals surface area contributed by atoms with Gasteiger partial charge in [0.25, 0.3) is 0 Å². The van der Waals surface area contributed by atoms with Crippen LogP contribution in [0.25, 0.3) is 0 Å². The number of hydrogen-bond donors (Lipinski definition) is 2. The van der Waals surface area contributed by atoms with Gasteiger partial charge >= 0.3 is 0 Å². The first-order chi connectivity index (χ1) is 10.0. The first-order valence-corrected chi connectivity index (χ1v) is 8.95. The van der Waals surface area contributed by atoms with Gasteiger partial charge in [0, 0.05) is 23.8 Å². The zero-order valence-electron chi connectivity index (χ0n) is 11.4. The molecule has 0 aliphatic heterocycles. The average Bonchev–Trinajstić information content (AvgIpc) is 2.53. The molecular weight excluding hydrogens is 308 g/mol. The quantitative estimate of drug-likeness (QED) is 0.792. The molecule has 1 aromatic heterocycles. The topological polar surface area (TPSA) is 79.3 Å². The maximum atomic E-state index is 12.0. The fourth-order valence-electron chi connectivity index (χ4n) is 1.72. The molecular formula is C14H16N2O3S2. The molecule has 0 bridgehead atoms. The monoisotopic (exact) mass is 324 g/mol. The summed E-state index contributed by atoms with van der Waals surface area (Å²) in [4.78, 5) is 4.94. The highest BCUT2D eigenvalue weighted by Crippen LogP contribution is 2.19. The van der Waals surface area contributed by atoms with Crippen molar-refractivity contribution in [1.29, 1.82) is 0 Å². The van der Waals surface area contributed by atoms with E-state index in [0.29, 0.717) is 5.56 Å². The summed E-state index contributed by atoms with van der Waals surface area (Å²) in [5, 5.41) is 10.0. The Balaban J connectivity index is 2.01. The van der Waals surface area contributed by atoms with E-state index in [9.17, 15) is 13.5 Å². The highest BCUT2D eigenvalue weighted by molar-refractivity contribution is 7.98. The number of benzene rings is 1. The van der Waals surface area contributed by atoms with Gasteiger partial charge in [-0.1, -0.05) is 12.1 Å². The average molecular weight is 324 g/mol. The van der Waals surface area contributed by atoms with Crippen molar-refractivity contribution in [3.8, 4) is 0 Å². The van der Waals surface area contributed by atoms with Crippen LogP contribution < -0.4 is 4.72 Å². The Bertz CT molecular complexity index is 673. The molecule has 1 atom stereocenters. The molecule has 21 heavy (non-hydrogen) atoms. The molecule has 1 heterocycles. The summed E-state index contributed by atoms with van der Waals surface area (Å²) in [5.74, 6) is 0. The van der Waals surface area contributed by atoms with Crippen LogP contribution in [0.15, 0.2) is 58.6 Å². The Morgan fingerprint density at radius 1 is 1.29 bits per heavy atom. The van der Waals surface area contributed by atoms with Crippen molar-refractivity contribution >= 4 is 21.8 Å². The van der Waals surface area contributed by atoms with Crippen molar-refractivity contribution in [3.63, 3.8) is 0 Å². The molecule has 1 unspecified atom stereocenters. The van der Waals surface area contributed by atoms with Gasteiger partial charge < -0.3 is 5.11 Å². The number of rotatable bonds is 6. The van der Waals surface area contributed by atoms with Gasteiger partial charge in [-0.25, -0.2) is 13.1 Å². The minimum Gasteiger partial charge on any atom is -0.387 e. The summed E-state index contributed by atoms with van der Waals surface area (Å²) < 4.78 is 26.4. The Morgan fingerprint density at radius 3 is 2.57 bits per heavy atom. The molecule has 0 saturated heterocycles. The van der Waals surface area contributed by atoms with Gasteiger partial charge in [-0.05, 0) is 36.1 Å². The van der Waals surface area contributed by atoms with Crippen LogP contribution in [0.4, 0.5) is 0 Å². The summed E-state index contributed by atoms with van der Waals surface area (Å²) in [6.07, 6.45) is 3.84. The van der Waals surface area contributed by atoms with Gasteiger partial charge in [0.2, 0.25) is 10.0 Å². The lowest BCUT2D eigenvalue weighted by Crippen LogP contribution is -2.28. The van der Waals surface area contributed by atoms with Crippen LogP contribution in [-0.4, -0.2) is 31.3 Å². The predicted octanol–water partition coefficient (Wildman–Crippen LogP) is 1.82. The van der Waals surface area contributed by atoms with E-state index >= 15 is 0 Å². The Labute approximate surface area is 128 Å². The van der Waals surface area contributed by atoms with Crippen LogP contribution in [0.2, 0.25) is 0 Å². The summed E-state index contributed by atoms with van der Waals surface area (Å²) in [7, 11) is -3.65. The summed E-state index contributed by atoms with van der Waals surface area (Å²) in [6.45, 7) is -0.0875. The molecule has 0 saturated carbocycles. The fourth-order valence-corrected chi connectivity index (χ4v) is 3.13. The van der Waals surface area contributed by atoms with E-state index in [-0.39, 0.29) is 11.4 Å². The minimum atomic E-state index is -3.65. The lowest BCUT2D eigenvalue weighted by molar-refractivity contribution is 0.182. The van der Waals surface area contributed by atoms with Crippen LogP contribution in [0, 0.1) is 0 Å². The van der Waals surface area contributed by atoms with Crippen molar-refractivity contribution in [1.82, 2.24) is 9.71 Å². The number of aromatic nitrogens is 1. The van der Waals surface area contributed by atoms with Gasteiger partial charge in [0.1, 0.15) is 4.90 Å². The van der Waals surface area contributed by atoms with Crippen molar-refractivity contribution in [2.45, 2.75) is 15.9 Å². The maximum Gasteiger partial charge on any atom is 0.242 e. The van der Waals surface area contributed by atoms with E-state index in [2.05, 4.69) is 9.71 Å². The largest absolute Gasteiger partial charge is 0.387 e. The van der Waals surface area contributed by atoms with Crippen LogP contribution >= 0.6 is 11.8 Å². The van der Waals surface area contributed by atoms with Crippen LogP contribution in [0.1, 0.15) is 11.7 Å². The van der Waals surface area contributed by atoms with Crippen molar-refractivity contribution < 1.29 is 13.5 Å². The smallest absolute Gasteiger partial charge is 0.242 e. The number of pyridine rings is 1. The summed E-state index contributed by atoms with van der Waals surface area (Å²) in [6, 6.07) is 10.3. The summed E-state index contributed by atoms with van der Waals surface area (Å²) >= 11 is 1.60. The van der Waals surface area contributed by atoms with E-state index < -0.39 is 16.1 Å². The number of hydrogen-bond acceptors (Lipinski definition) is 5. The predicted molar refractivity (Wildman–Crippen MR) is 82.6 cm³/mol. The van der Waals surface area contributed by atoms with Gasteiger partial charge in [0.15, 0.2) is 0 Å². The maximum absolute atomic E-state index is 12.0. The van der Waals surface area contributed by atoms with E-state index in [1.165, 1.54) is 18.5 Å². The van der Waals surface area contributed by atoms with Crippen molar-refractivity contribution in [2.75, 3.05) is 12.8 Å². The van der Waals surface area contributed by atoms with Gasteiger partial charge in [-0.2, -0.15) is 0 Å². The Hall–Kier alpha value is -1.41. The first kappa shape index (κ1) is 16.0. The van der Waals surface area contributed by atoms with Crippen molar-refractivity contribution in [2.24, 2.45) is 0 Å². The lowest BCUT2D eigenvalue weighted by Gasteiger charge is -2.13. The zero-order valence-corrected chi connectivity index (χ0v) is 13.1. The summed E-state index contributed by atoms with van der Waals surface area (Å²) in [5.41, 5.74) is 0.668.